The third-order valence-corrected chi connectivity index (χ3v) is 5.05. The standard InChI is InChI=1S/C10H13ClN2O3S3/c11-8-1-3-9(4-2-8)17-6-5-13-10(12)7-18-19(14,15)16/h1-4H,5-7H2,(H2,12,13)(H,14,15,16). The van der Waals surface area contributed by atoms with E-state index in [1.54, 1.807) is 11.8 Å². The molecule has 106 valence electrons. The average Bonchev–Trinajstić information content (AvgIpc) is 2.33. The lowest BCUT2D eigenvalue weighted by molar-refractivity contribution is 0.503. The molecule has 3 N–H and O–H groups in total. The van der Waals surface area contributed by atoms with Gasteiger partial charge in [0.05, 0.1) is 12.3 Å². The maximum absolute atomic E-state index is 10.5. The van der Waals surface area contributed by atoms with Crippen molar-refractivity contribution >= 4 is 49.1 Å². The number of nitrogens with zero attached hydrogens (tertiary/aromatic N) is 1. The fourth-order valence-corrected chi connectivity index (χ4v) is 3.11. The summed E-state index contributed by atoms with van der Waals surface area (Å²) in [5.41, 5.74) is 5.51. The van der Waals surface area contributed by atoms with Crippen LogP contribution in [0.15, 0.2) is 34.2 Å². The van der Waals surface area contributed by atoms with Gasteiger partial charge in [-0.2, -0.15) is 8.42 Å². The minimum Gasteiger partial charge on any atom is -0.387 e. The maximum Gasteiger partial charge on any atom is 0.320 e. The first kappa shape index (κ1) is 16.6. The van der Waals surface area contributed by atoms with E-state index < -0.39 is 9.15 Å². The minimum absolute atomic E-state index is 0.0373. The van der Waals surface area contributed by atoms with E-state index in [4.69, 9.17) is 21.9 Å². The van der Waals surface area contributed by atoms with Crippen molar-refractivity contribution in [2.75, 3.05) is 18.1 Å². The molecule has 0 amide bonds. The van der Waals surface area contributed by atoms with Gasteiger partial charge in [-0.25, -0.2) is 0 Å². The summed E-state index contributed by atoms with van der Waals surface area (Å²) in [4.78, 5) is 5.09. The summed E-state index contributed by atoms with van der Waals surface area (Å²) in [7, 11) is -3.71. The van der Waals surface area contributed by atoms with E-state index >= 15 is 0 Å². The van der Waals surface area contributed by atoms with Crippen LogP contribution in [0.4, 0.5) is 0 Å². The van der Waals surface area contributed by atoms with E-state index in [1.165, 1.54) is 0 Å². The molecular formula is C10H13ClN2O3S3. The second-order valence-electron chi connectivity index (χ2n) is 3.37. The number of halogens is 1. The van der Waals surface area contributed by atoms with Crippen LogP contribution in [0.2, 0.25) is 5.02 Å². The Balaban J connectivity index is 2.27. The van der Waals surface area contributed by atoms with Crippen molar-refractivity contribution in [3.8, 4) is 0 Å². The van der Waals surface area contributed by atoms with E-state index in [-0.39, 0.29) is 11.6 Å². The van der Waals surface area contributed by atoms with Crippen LogP contribution in [-0.4, -0.2) is 36.9 Å². The van der Waals surface area contributed by atoms with Gasteiger partial charge in [-0.15, -0.1) is 11.8 Å². The van der Waals surface area contributed by atoms with Gasteiger partial charge in [-0.3, -0.25) is 9.55 Å². The van der Waals surface area contributed by atoms with Gasteiger partial charge >= 0.3 is 9.15 Å². The van der Waals surface area contributed by atoms with Gasteiger partial charge in [0.15, 0.2) is 0 Å². The zero-order valence-corrected chi connectivity index (χ0v) is 13.0. The second-order valence-corrected chi connectivity index (χ2v) is 8.32. The third kappa shape index (κ3) is 8.38. The lowest BCUT2D eigenvalue weighted by Crippen LogP contribution is -2.16. The van der Waals surface area contributed by atoms with Gasteiger partial charge in [0, 0.05) is 26.5 Å². The summed E-state index contributed by atoms with van der Waals surface area (Å²) in [5, 5.41) is 0.689. The van der Waals surface area contributed by atoms with E-state index in [0.29, 0.717) is 22.4 Å². The molecule has 0 aliphatic carbocycles. The number of nitrogens with two attached hydrogens (primary N) is 1. The first-order chi connectivity index (χ1) is 8.87. The van der Waals surface area contributed by atoms with E-state index in [9.17, 15) is 8.42 Å². The fourth-order valence-electron chi connectivity index (χ4n) is 1.06. The van der Waals surface area contributed by atoms with Crippen molar-refractivity contribution in [3.63, 3.8) is 0 Å². The van der Waals surface area contributed by atoms with Gasteiger partial charge in [0.25, 0.3) is 0 Å². The van der Waals surface area contributed by atoms with Gasteiger partial charge in [-0.1, -0.05) is 11.6 Å². The molecule has 0 saturated carbocycles. The molecule has 0 fully saturated rings. The smallest absolute Gasteiger partial charge is 0.320 e. The van der Waals surface area contributed by atoms with Crippen molar-refractivity contribution < 1.29 is 13.0 Å². The van der Waals surface area contributed by atoms with Crippen LogP contribution < -0.4 is 5.73 Å². The predicted octanol–water partition coefficient (Wildman–Crippen LogP) is 2.33. The van der Waals surface area contributed by atoms with Crippen LogP contribution in [0.25, 0.3) is 0 Å². The first-order valence-electron chi connectivity index (χ1n) is 5.16. The molecule has 0 aliphatic rings. The molecule has 0 radical (unpaired) electrons. The summed E-state index contributed by atoms with van der Waals surface area (Å²) in [5.74, 6) is 0.878. The summed E-state index contributed by atoms with van der Waals surface area (Å²) in [6, 6.07) is 7.44. The Bertz CT molecular complexity index is 531. The Labute approximate surface area is 125 Å². The number of benzene rings is 1. The van der Waals surface area contributed by atoms with Crippen LogP contribution in [0.1, 0.15) is 0 Å². The zero-order valence-electron chi connectivity index (χ0n) is 9.82. The third-order valence-electron chi connectivity index (χ3n) is 1.84. The first-order valence-corrected chi connectivity index (χ1v) is 9.46. The Morgan fingerprint density at radius 3 is 2.58 bits per heavy atom. The van der Waals surface area contributed by atoms with Crippen molar-refractivity contribution in [2.45, 2.75) is 4.90 Å². The van der Waals surface area contributed by atoms with Crippen LogP contribution >= 0.6 is 34.2 Å². The summed E-state index contributed by atoms with van der Waals surface area (Å²) in [6.07, 6.45) is 0. The molecule has 0 unspecified atom stereocenters. The van der Waals surface area contributed by atoms with Crippen LogP contribution in [0.5, 0.6) is 0 Å². The van der Waals surface area contributed by atoms with Gasteiger partial charge < -0.3 is 5.73 Å². The molecule has 9 heteroatoms. The number of amidine groups is 1. The van der Waals surface area contributed by atoms with E-state index in [2.05, 4.69) is 4.99 Å². The highest BCUT2D eigenvalue weighted by atomic mass is 35.5. The monoisotopic (exact) mass is 340 g/mol. The summed E-state index contributed by atoms with van der Waals surface area (Å²) < 4.78 is 29.5. The molecule has 0 aliphatic heterocycles. The van der Waals surface area contributed by atoms with E-state index in [0.717, 1.165) is 10.6 Å². The second kappa shape index (κ2) is 8.01. The molecule has 19 heavy (non-hydrogen) atoms. The molecule has 0 aromatic heterocycles. The molecule has 1 rings (SSSR count). The molecule has 1 aromatic rings. The molecule has 0 heterocycles. The molecule has 0 saturated heterocycles. The van der Waals surface area contributed by atoms with Crippen LogP contribution in [0.3, 0.4) is 0 Å². The van der Waals surface area contributed by atoms with Crippen LogP contribution in [0, 0.1) is 0 Å². The van der Waals surface area contributed by atoms with Gasteiger partial charge in [0.1, 0.15) is 5.84 Å². The molecule has 0 spiro atoms. The molecular weight excluding hydrogens is 328 g/mol. The molecule has 0 bridgehead atoms. The Morgan fingerprint density at radius 1 is 1.37 bits per heavy atom. The van der Waals surface area contributed by atoms with Crippen molar-refractivity contribution in [1.82, 2.24) is 0 Å². The SMILES string of the molecule is NC(CSS(=O)(=O)O)=NCCSc1ccc(Cl)cc1. The van der Waals surface area contributed by atoms with Crippen molar-refractivity contribution in [3.05, 3.63) is 29.3 Å². The predicted molar refractivity (Wildman–Crippen MR) is 82.7 cm³/mol. The average molecular weight is 341 g/mol. The largest absolute Gasteiger partial charge is 0.387 e. The lowest BCUT2D eigenvalue weighted by Gasteiger charge is -2.01. The Hall–Kier alpha value is -0.410. The van der Waals surface area contributed by atoms with Crippen molar-refractivity contribution in [1.29, 1.82) is 0 Å². The number of aliphatic imine (C=N–C) groups is 1. The number of rotatable bonds is 7. The topological polar surface area (TPSA) is 92.8 Å². The number of hydrogen-bond acceptors (Lipinski definition) is 5. The Morgan fingerprint density at radius 2 is 2.00 bits per heavy atom. The molecule has 0 atom stereocenters. The zero-order chi connectivity index (χ0) is 14.3. The normalized spacial score (nSPS) is 12.6. The lowest BCUT2D eigenvalue weighted by atomic mass is 10.4. The van der Waals surface area contributed by atoms with Crippen LogP contribution in [-0.2, 0) is 9.15 Å². The quantitative estimate of drug-likeness (QED) is 0.198. The summed E-state index contributed by atoms with van der Waals surface area (Å²) in [6.45, 7) is 0.477. The molecule has 5 nitrogen and oxygen atoms in total. The number of thioether (sulfide) groups is 1. The number of hydrogen-bond donors (Lipinski definition) is 2. The van der Waals surface area contributed by atoms with Crippen molar-refractivity contribution in [2.24, 2.45) is 10.7 Å². The highest BCUT2D eigenvalue weighted by molar-refractivity contribution is 8.70. The van der Waals surface area contributed by atoms with E-state index in [1.807, 2.05) is 24.3 Å². The highest BCUT2D eigenvalue weighted by Gasteiger charge is 2.06. The van der Waals surface area contributed by atoms with Gasteiger partial charge in [-0.05, 0) is 24.3 Å². The highest BCUT2D eigenvalue weighted by Crippen LogP contribution is 2.19. The Kier molecular flexibility index (Phi) is 7.01. The maximum atomic E-state index is 10.5. The summed E-state index contributed by atoms with van der Waals surface area (Å²) >= 11 is 7.37. The minimum atomic E-state index is -4.06. The fraction of sp³-hybridized carbons (Fsp3) is 0.300. The van der Waals surface area contributed by atoms with Gasteiger partial charge in [0.2, 0.25) is 0 Å². The molecule has 1 aromatic carbocycles.